The predicted molar refractivity (Wildman–Crippen MR) is 137 cm³/mol. The van der Waals surface area contributed by atoms with Gasteiger partial charge in [-0.1, -0.05) is 48.5 Å². The van der Waals surface area contributed by atoms with Gasteiger partial charge >= 0.3 is 0 Å². The lowest BCUT2D eigenvalue weighted by atomic mass is 9.95. The Morgan fingerprint density at radius 2 is 1.69 bits per heavy atom. The summed E-state index contributed by atoms with van der Waals surface area (Å²) in [6, 6.07) is 20.4. The number of hydrogen-bond acceptors (Lipinski definition) is 2. The molecular formula is C25H28FIN4O. The van der Waals surface area contributed by atoms with Gasteiger partial charge in [0.2, 0.25) is 0 Å². The van der Waals surface area contributed by atoms with E-state index in [2.05, 4.69) is 15.6 Å². The van der Waals surface area contributed by atoms with Gasteiger partial charge in [-0.05, 0) is 41.7 Å². The van der Waals surface area contributed by atoms with Gasteiger partial charge < -0.3 is 15.2 Å². The van der Waals surface area contributed by atoms with Crippen molar-refractivity contribution in [1.82, 2.24) is 15.2 Å². The van der Waals surface area contributed by atoms with Gasteiger partial charge in [-0.2, -0.15) is 0 Å². The largest absolute Gasteiger partial charge is 0.356 e. The van der Waals surface area contributed by atoms with Gasteiger partial charge in [0.25, 0.3) is 5.56 Å². The first kappa shape index (κ1) is 24.0. The molecular weight excluding hydrogens is 518 g/mol. The Balaban J connectivity index is 0.00000289. The van der Waals surface area contributed by atoms with Crippen LogP contribution in [0.3, 0.4) is 0 Å². The van der Waals surface area contributed by atoms with Crippen molar-refractivity contribution in [3.05, 3.63) is 106 Å². The van der Waals surface area contributed by atoms with Crippen LogP contribution in [0, 0.1) is 5.82 Å². The third-order valence-electron chi connectivity index (χ3n) is 5.85. The number of aliphatic imine (C=N–C) groups is 1. The predicted octanol–water partition coefficient (Wildman–Crippen LogP) is 4.05. The van der Waals surface area contributed by atoms with E-state index in [-0.39, 0.29) is 40.8 Å². The standard InChI is InChI=1S/C25H27FN4O.HI/c1-27-24(29-18-25(13-14-25)21-6-2-3-7-22(21)26)28-16-19-9-11-20(12-10-19)17-30-15-5-4-8-23(30)31;/h2-12,15H,13-14,16-18H2,1H3,(H2,27,28,29);1H. The van der Waals surface area contributed by atoms with Crippen molar-refractivity contribution in [3.8, 4) is 0 Å². The van der Waals surface area contributed by atoms with Crippen LogP contribution in [0.15, 0.2) is 82.7 Å². The molecule has 1 aromatic heterocycles. The zero-order chi connectivity index (χ0) is 21.7. The van der Waals surface area contributed by atoms with E-state index in [9.17, 15) is 9.18 Å². The van der Waals surface area contributed by atoms with E-state index in [4.69, 9.17) is 0 Å². The molecule has 0 amide bonds. The van der Waals surface area contributed by atoms with Gasteiger partial charge in [-0.3, -0.25) is 9.79 Å². The van der Waals surface area contributed by atoms with Crippen LogP contribution < -0.4 is 16.2 Å². The fourth-order valence-corrected chi connectivity index (χ4v) is 3.79. The molecule has 3 aromatic rings. The van der Waals surface area contributed by atoms with Crippen LogP contribution in [-0.2, 0) is 18.5 Å². The Hall–Kier alpha value is -2.68. The minimum Gasteiger partial charge on any atom is -0.356 e. The average molecular weight is 546 g/mol. The zero-order valence-corrected chi connectivity index (χ0v) is 20.4. The highest BCUT2D eigenvalue weighted by atomic mass is 127. The second-order valence-corrected chi connectivity index (χ2v) is 8.02. The SMILES string of the molecule is CN=C(NCc1ccc(Cn2ccccc2=O)cc1)NCC1(c2ccccc2F)CC1.I. The summed E-state index contributed by atoms with van der Waals surface area (Å²) in [7, 11) is 1.73. The van der Waals surface area contributed by atoms with E-state index in [1.54, 1.807) is 36.0 Å². The Labute approximate surface area is 204 Å². The van der Waals surface area contributed by atoms with Crippen LogP contribution in [0.4, 0.5) is 4.39 Å². The van der Waals surface area contributed by atoms with Gasteiger partial charge in [0, 0.05) is 37.8 Å². The number of guanidine groups is 1. The van der Waals surface area contributed by atoms with Crippen molar-refractivity contribution in [2.24, 2.45) is 4.99 Å². The van der Waals surface area contributed by atoms with Crippen LogP contribution in [0.5, 0.6) is 0 Å². The van der Waals surface area contributed by atoms with Crippen molar-refractivity contribution in [3.63, 3.8) is 0 Å². The van der Waals surface area contributed by atoms with Crippen LogP contribution in [0.2, 0.25) is 0 Å². The van der Waals surface area contributed by atoms with Crippen molar-refractivity contribution >= 4 is 29.9 Å². The molecule has 0 unspecified atom stereocenters. The van der Waals surface area contributed by atoms with Crippen molar-refractivity contribution in [1.29, 1.82) is 0 Å². The smallest absolute Gasteiger partial charge is 0.250 e. The van der Waals surface area contributed by atoms with E-state index in [0.29, 0.717) is 25.6 Å². The highest BCUT2D eigenvalue weighted by molar-refractivity contribution is 14.0. The lowest BCUT2D eigenvalue weighted by Crippen LogP contribution is -2.41. The van der Waals surface area contributed by atoms with Crippen molar-refractivity contribution in [2.45, 2.75) is 31.3 Å². The fourth-order valence-electron chi connectivity index (χ4n) is 3.79. The number of nitrogens with one attached hydrogen (secondary N) is 2. The van der Waals surface area contributed by atoms with E-state index in [1.165, 1.54) is 6.07 Å². The summed E-state index contributed by atoms with van der Waals surface area (Å²) in [4.78, 5) is 16.2. The summed E-state index contributed by atoms with van der Waals surface area (Å²) >= 11 is 0. The van der Waals surface area contributed by atoms with E-state index in [0.717, 1.165) is 29.5 Å². The summed E-state index contributed by atoms with van der Waals surface area (Å²) in [5, 5.41) is 6.67. The second kappa shape index (κ2) is 10.8. The Bertz CT molecular complexity index is 1120. The van der Waals surface area contributed by atoms with Gasteiger partial charge in [0.1, 0.15) is 5.82 Å². The molecule has 32 heavy (non-hydrogen) atoms. The minimum absolute atomic E-state index is 0. The molecule has 1 heterocycles. The third-order valence-corrected chi connectivity index (χ3v) is 5.85. The van der Waals surface area contributed by atoms with Gasteiger partial charge in [-0.25, -0.2) is 4.39 Å². The van der Waals surface area contributed by atoms with E-state index >= 15 is 0 Å². The molecule has 0 saturated heterocycles. The molecule has 4 rings (SSSR count). The molecule has 0 bridgehead atoms. The number of pyridine rings is 1. The molecule has 1 saturated carbocycles. The molecule has 168 valence electrons. The van der Waals surface area contributed by atoms with Gasteiger partial charge in [0.15, 0.2) is 5.96 Å². The second-order valence-electron chi connectivity index (χ2n) is 8.02. The fraction of sp³-hybridized carbons (Fsp3) is 0.280. The summed E-state index contributed by atoms with van der Waals surface area (Å²) in [6.07, 6.45) is 3.75. The van der Waals surface area contributed by atoms with Crippen LogP contribution in [0.1, 0.15) is 29.5 Å². The quantitative estimate of drug-likeness (QED) is 0.267. The van der Waals surface area contributed by atoms with Crippen molar-refractivity contribution < 1.29 is 4.39 Å². The highest BCUT2D eigenvalue weighted by Crippen LogP contribution is 2.48. The first-order valence-electron chi connectivity index (χ1n) is 10.5. The normalized spacial score (nSPS) is 14.4. The summed E-state index contributed by atoms with van der Waals surface area (Å²) in [5.41, 5.74) is 2.82. The van der Waals surface area contributed by atoms with Crippen LogP contribution >= 0.6 is 24.0 Å². The molecule has 1 fully saturated rings. The molecule has 0 radical (unpaired) electrons. The maximum atomic E-state index is 14.2. The van der Waals surface area contributed by atoms with Crippen LogP contribution in [0.25, 0.3) is 0 Å². The van der Waals surface area contributed by atoms with Gasteiger partial charge in [0.05, 0.1) is 6.54 Å². The lowest BCUT2D eigenvalue weighted by Gasteiger charge is -2.19. The molecule has 0 aliphatic heterocycles. The topological polar surface area (TPSA) is 58.4 Å². The van der Waals surface area contributed by atoms with E-state index < -0.39 is 0 Å². The maximum Gasteiger partial charge on any atom is 0.250 e. The molecule has 1 aliphatic rings. The summed E-state index contributed by atoms with van der Waals surface area (Å²) < 4.78 is 15.9. The molecule has 0 spiro atoms. The third kappa shape index (κ3) is 5.76. The van der Waals surface area contributed by atoms with Gasteiger partial charge in [-0.15, -0.1) is 24.0 Å². The molecule has 5 nitrogen and oxygen atoms in total. The number of benzene rings is 2. The summed E-state index contributed by atoms with van der Waals surface area (Å²) in [5.74, 6) is 0.560. The Morgan fingerprint density at radius 3 is 2.34 bits per heavy atom. The molecule has 0 atom stereocenters. The zero-order valence-electron chi connectivity index (χ0n) is 18.1. The molecule has 1 aliphatic carbocycles. The first-order valence-corrected chi connectivity index (χ1v) is 10.5. The highest BCUT2D eigenvalue weighted by Gasteiger charge is 2.45. The number of nitrogens with zero attached hydrogens (tertiary/aromatic N) is 2. The average Bonchev–Trinajstić information content (AvgIpc) is 3.58. The monoisotopic (exact) mass is 546 g/mol. The summed E-state index contributed by atoms with van der Waals surface area (Å²) in [6.45, 7) is 1.82. The molecule has 2 N–H and O–H groups in total. The maximum absolute atomic E-state index is 14.2. The Kier molecular flexibility index (Phi) is 8.06. The number of aromatic nitrogens is 1. The lowest BCUT2D eigenvalue weighted by molar-refractivity contribution is 0.559. The first-order chi connectivity index (χ1) is 15.1. The van der Waals surface area contributed by atoms with Crippen LogP contribution in [-0.4, -0.2) is 24.1 Å². The number of halogens is 2. The minimum atomic E-state index is -0.139. The van der Waals surface area contributed by atoms with Crippen molar-refractivity contribution in [2.75, 3.05) is 13.6 Å². The van der Waals surface area contributed by atoms with E-state index in [1.807, 2.05) is 42.5 Å². The number of rotatable bonds is 7. The molecule has 7 heteroatoms. The molecule has 2 aromatic carbocycles. The number of hydrogen-bond donors (Lipinski definition) is 2. The Morgan fingerprint density at radius 1 is 1.00 bits per heavy atom.